The Morgan fingerprint density at radius 1 is 1.23 bits per heavy atom. The van der Waals surface area contributed by atoms with Crippen LogP contribution in [0.25, 0.3) is 22.6 Å². The number of nitriles is 1. The Morgan fingerprint density at radius 3 is 2.79 bits per heavy atom. The summed E-state index contributed by atoms with van der Waals surface area (Å²) in [7, 11) is 3.72. The molecule has 0 radical (unpaired) electrons. The van der Waals surface area contributed by atoms with Crippen molar-refractivity contribution < 1.29 is 9.26 Å². The number of hydrogen-bond acceptors (Lipinski definition) is 11. The number of likely N-dealkylation sites (tertiary alicyclic amines) is 1. The van der Waals surface area contributed by atoms with Gasteiger partial charge in [-0.3, -0.25) is 0 Å². The maximum absolute atomic E-state index is 9.92. The van der Waals surface area contributed by atoms with E-state index in [0.29, 0.717) is 57.4 Å². The quantitative estimate of drug-likeness (QED) is 0.345. The normalized spacial score (nSPS) is 19.4. The molecular weight excluding hydrogens is 514 g/mol. The van der Waals surface area contributed by atoms with Crippen LogP contribution in [0.2, 0.25) is 0 Å². The van der Waals surface area contributed by atoms with Crippen LogP contribution in [0.15, 0.2) is 4.52 Å². The van der Waals surface area contributed by atoms with Crippen LogP contribution in [0.4, 0.5) is 10.8 Å². The SMILES string of the molecule is CCCc1sc(N)c(C#N)c1C1CCCc2c(-c3nc(N)c4c(OC)nn(CC5CCCN5C)c4n3)noc21. The highest BCUT2D eigenvalue weighted by atomic mass is 32.1. The lowest BCUT2D eigenvalue weighted by atomic mass is 9.81. The second-order valence-electron chi connectivity index (χ2n) is 10.5. The van der Waals surface area contributed by atoms with Crippen molar-refractivity contribution >= 4 is 33.2 Å². The fourth-order valence-corrected chi connectivity index (χ4v) is 7.34. The van der Waals surface area contributed by atoms with Crippen molar-refractivity contribution in [2.24, 2.45) is 0 Å². The van der Waals surface area contributed by atoms with E-state index in [1.54, 1.807) is 7.11 Å². The van der Waals surface area contributed by atoms with Crippen molar-refractivity contribution in [1.29, 1.82) is 5.26 Å². The zero-order valence-corrected chi connectivity index (χ0v) is 23.3. The van der Waals surface area contributed by atoms with Gasteiger partial charge in [-0.05, 0) is 57.7 Å². The van der Waals surface area contributed by atoms with Gasteiger partial charge in [0.25, 0.3) is 0 Å². The summed E-state index contributed by atoms with van der Waals surface area (Å²) in [6.45, 7) is 3.88. The van der Waals surface area contributed by atoms with Crippen molar-refractivity contribution in [3.05, 3.63) is 27.3 Å². The lowest BCUT2D eigenvalue weighted by molar-refractivity contribution is 0.273. The minimum atomic E-state index is -0.0793. The second kappa shape index (κ2) is 10.1. The van der Waals surface area contributed by atoms with Crippen LogP contribution in [-0.2, 0) is 19.4 Å². The molecule has 5 heterocycles. The van der Waals surface area contributed by atoms with Gasteiger partial charge in [0.2, 0.25) is 5.88 Å². The number of anilines is 2. The van der Waals surface area contributed by atoms with E-state index in [-0.39, 0.29) is 5.92 Å². The van der Waals surface area contributed by atoms with Gasteiger partial charge in [-0.25, -0.2) is 14.6 Å². The lowest BCUT2D eigenvalue weighted by Gasteiger charge is -2.21. The number of fused-ring (bicyclic) bond motifs is 2. The molecule has 1 aliphatic carbocycles. The maximum atomic E-state index is 9.92. The third-order valence-electron chi connectivity index (χ3n) is 8.09. The van der Waals surface area contributed by atoms with E-state index in [4.69, 9.17) is 25.7 Å². The first-order chi connectivity index (χ1) is 18.9. The standard InChI is InChI=1S/C27H33N9O2S/c1-4-7-18-19(17(12-28)24(30)39-18)15-9-5-10-16-21(34-38-22(15)16)25-31-23(29)20-26(32-25)36(33-27(20)37-3)13-14-8-6-11-35(14)2/h14-15H,4-11,13,30H2,1-3H3,(H2,29,31,32). The number of aromatic nitrogens is 5. The van der Waals surface area contributed by atoms with E-state index in [1.165, 1.54) is 11.3 Å². The molecule has 0 amide bonds. The van der Waals surface area contributed by atoms with E-state index in [1.807, 2.05) is 4.68 Å². The van der Waals surface area contributed by atoms with E-state index < -0.39 is 0 Å². The molecule has 204 valence electrons. The lowest BCUT2D eigenvalue weighted by Crippen LogP contribution is -2.29. The summed E-state index contributed by atoms with van der Waals surface area (Å²) < 4.78 is 13.4. The Hall–Kier alpha value is -3.69. The molecule has 1 aliphatic heterocycles. The molecule has 0 saturated carbocycles. The maximum Gasteiger partial charge on any atom is 0.246 e. The summed E-state index contributed by atoms with van der Waals surface area (Å²) in [6.07, 6.45) is 6.68. The first kappa shape index (κ1) is 25.6. The van der Waals surface area contributed by atoms with Crippen LogP contribution in [0.1, 0.15) is 72.3 Å². The van der Waals surface area contributed by atoms with Crippen molar-refractivity contribution in [3.8, 4) is 23.5 Å². The number of rotatable bonds is 7. The number of thiophene rings is 1. The zero-order chi connectivity index (χ0) is 27.3. The molecular formula is C27H33N9O2S. The van der Waals surface area contributed by atoms with Gasteiger partial charge >= 0.3 is 0 Å². The van der Waals surface area contributed by atoms with Gasteiger partial charge < -0.3 is 25.6 Å². The number of aryl methyl sites for hydroxylation is 1. The molecule has 0 aromatic carbocycles. The summed E-state index contributed by atoms with van der Waals surface area (Å²) in [6, 6.07) is 2.70. The molecule has 0 spiro atoms. The summed E-state index contributed by atoms with van der Waals surface area (Å²) >= 11 is 1.51. The Morgan fingerprint density at radius 2 is 2.08 bits per heavy atom. The number of likely N-dealkylation sites (N-methyl/N-ethyl adjacent to an activating group) is 1. The second-order valence-corrected chi connectivity index (χ2v) is 11.6. The number of ether oxygens (including phenoxy) is 1. The molecule has 4 aromatic rings. The van der Waals surface area contributed by atoms with E-state index in [9.17, 15) is 5.26 Å². The van der Waals surface area contributed by atoms with Crippen LogP contribution < -0.4 is 16.2 Å². The number of nitrogen functional groups attached to an aromatic ring is 2. The molecule has 12 heteroatoms. The average Bonchev–Trinajstić information content (AvgIpc) is 3.69. The molecule has 2 aliphatic rings. The fraction of sp³-hybridized carbons (Fsp3) is 0.519. The van der Waals surface area contributed by atoms with Crippen molar-refractivity contribution in [2.75, 3.05) is 32.2 Å². The molecule has 1 saturated heterocycles. The third-order valence-corrected chi connectivity index (χ3v) is 9.18. The van der Waals surface area contributed by atoms with E-state index >= 15 is 0 Å². The van der Waals surface area contributed by atoms with Gasteiger partial charge in [0.1, 0.15) is 28.0 Å². The van der Waals surface area contributed by atoms with E-state index in [2.05, 4.69) is 40.2 Å². The van der Waals surface area contributed by atoms with Crippen LogP contribution in [0.5, 0.6) is 5.88 Å². The van der Waals surface area contributed by atoms with Crippen molar-refractivity contribution in [1.82, 2.24) is 29.8 Å². The predicted octanol–water partition coefficient (Wildman–Crippen LogP) is 4.10. The Balaban J connectivity index is 1.44. The van der Waals surface area contributed by atoms with Crippen LogP contribution in [-0.4, -0.2) is 56.5 Å². The van der Waals surface area contributed by atoms with Gasteiger partial charge in [-0.2, -0.15) is 5.26 Å². The first-order valence-electron chi connectivity index (χ1n) is 13.5. The Kier molecular flexibility index (Phi) is 6.64. The highest BCUT2D eigenvalue weighted by Gasteiger charge is 2.35. The van der Waals surface area contributed by atoms with Crippen molar-refractivity contribution in [2.45, 2.75) is 70.4 Å². The Bertz CT molecular complexity index is 1580. The van der Waals surface area contributed by atoms with Crippen molar-refractivity contribution in [3.63, 3.8) is 0 Å². The summed E-state index contributed by atoms with van der Waals surface area (Å²) in [5.41, 5.74) is 16.5. The smallest absolute Gasteiger partial charge is 0.246 e. The first-order valence-corrected chi connectivity index (χ1v) is 14.3. The fourth-order valence-electron chi connectivity index (χ4n) is 6.16. The molecule has 2 atom stereocenters. The predicted molar refractivity (Wildman–Crippen MR) is 150 cm³/mol. The summed E-state index contributed by atoms with van der Waals surface area (Å²) in [5, 5.41) is 20.2. The van der Waals surface area contributed by atoms with Crippen LogP contribution in [0.3, 0.4) is 0 Å². The minimum absolute atomic E-state index is 0.0793. The highest BCUT2D eigenvalue weighted by Crippen LogP contribution is 2.46. The summed E-state index contributed by atoms with van der Waals surface area (Å²) in [5.74, 6) is 1.81. The van der Waals surface area contributed by atoms with Gasteiger partial charge in [0, 0.05) is 22.4 Å². The zero-order valence-electron chi connectivity index (χ0n) is 22.5. The average molecular weight is 548 g/mol. The third kappa shape index (κ3) is 4.20. The molecule has 6 rings (SSSR count). The monoisotopic (exact) mass is 547 g/mol. The largest absolute Gasteiger partial charge is 0.479 e. The molecule has 39 heavy (non-hydrogen) atoms. The molecule has 0 bridgehead atoms. The highest BCUT2D eigenvalue weighted by molar-refractivity contribution is 7.16. The van der Waals surface area contributed by atoms with Crippen LogP contribution in [0, 0.1) is 11.3 Å². The number of nitrogens with zero attached hydrogens (tertiary/aromatic N) is 7. The topological polar surface area (TPSA) is 158 Å². The van der Waals surface area contributed by atoms with Gasteiger partial charge in [-0.15, -0.1) is 16.4 Å². The van der Waals surface area contributed by atoms with Gasteiger partial charge in [0.05, 0.1) is 19.2 Å². The molecule has 4 aromatic heterocycles. The number of hydrogen-bond donors (Lipinski definition) is 2. The minimum Gasteiger partial charge on any atom is -0.479 e. The number of methoxy groups -OCH3 is 1. The number of nitrogens with two attached hydrogens (primary N) is 2. The molecule has 4 N–H and O–H groups in total. The van der Waals surface area contributed by atoms with Crippen LogP contribution >= 0.6 is 11.3 Å². The van der Waals surface area contributed by atoms with Gasteiger partial charge in [0.15, 0.2) is 17.2 Å². The molecule has 11 nitrogen and oxygen atoms in total. The van der Waals surface area contributed by atoms with Gasteiger partial charge in [-0.1, -0.05) is 18.5 Å². The molecule has 2 unspecified atom stereocenters. The summed E-state index contributed by atoms with van der Waals surface area (Å²) in [4.78, 5) is 13.1. The molecule has 1 fully saturated rings. The Labute approximate surface area is 230 Å². The van der Waals surface area contributed by atoms with E-state index in [0.717, 1.165) is 73.3 Å².